The minimum atomic E-state index is 0. The predicted molar refractivity (Wildman–Crippen MR) is 35.9 cm³/mol. The van der Waals surface area contributed by atoms with Gasteiger partial charge in [0.15, 0.2) is 0 Å². The Labute approximate surface area is 84.5 Å². The first-order chi connectivity index (χ1) is 3.33. The van der Waals surface area contributed by atoms with E-state index in [1.165, 1.54) is 6.42 Å². The topological polar surface area (TPSA) is 0 Å². The van der Waals surface area contributed by atoms with Gasteiger partial charge in [0, 0.05) is 0 Å². The summed E-state index contributed by atoms with van der Waals surface area (Å²) in [5.74, 6) is 0. The molecule has 0 rings (SSSR count). The van der Waals surface area contributed by atoms with Gasteiger partial charge < -0.3 is 12.8 Å². The number of hydrogen-bond donors (Lipinski definition) is 0. The summed E-state index contributed by atoms with van der Waals surface area (Å²) in [6.07, 6.45) is 5.32. The van der Waals surface area contributed by atoms with Crippen LogP contribution in [0.4, 0.5) is 0 Å². The van der Waals surface area contributed by atoms with Gasteiger partial charge in [0.05, 0.1) is 0 Å². The maximum Gasteiger partial charge on any atom is 1.00 e. The van der Waals surface area contributed by atoms with E-state index in [-0.39, 0.29) is 37.7 Å². The van der Waals surface area contributed by atoms with Gasteiger partial charge in [0.25, 0.3) is 0 Å². The zero-order valence-corrected chi connectivity index (χ0v) is 7.86. The molecule has 0 amide bonds. The van der Waals surface area contributed by atoms with Crippen molar-refractivity contribution in [1.29, 1.82) is 0 Å². The van der Waals surface area contributed by atoms with E-state index in [9.17, 15) is 0 Å². The van der Waals surface area contributed by atoms with Gasteiger partial charge in [-0.1, -0.05) is 6.92 Å². The Balaban J connectivity index is -0.0000000233. The fourth-order valence-electron chi connectivity index (χ4n) is 0. The Kier molecular flexibility index (Phi) is 87.6. The van der Waals surface area contributed by atoms with Gasteiger partial charge in [-0.2, -0.15) is 27.2 Å². The molecule has 0 aliphatic heterocycles. The molecule has 0 unspecified atom stereocenters. The zero-order chi connectivity index (χ0) is 6.12. The third kappa shape index (κ3) is 98.8. The van der Waals surface area contributed by atoms with Gasteiger partial charge in [-0.05, 0) is 0 Å². The van der Waals surface area contributed by atoms with Crippen LogP contribution in [0.5, 0.6) is 0 Å². The van der Waals surface area contributed by atoms with Gasteiger partial charge in [-0.15, -0.1) is 0 Å². The van der Waals surface area contributed by atoms with Crippen LogP contribution in [0.2, 0.25) is 0 Å². The van der Waals surface area contributed by atoms with Crippen molar-refractivity contribution in [2.75, 3.05) is 0 Å². The molecule has 0 N–H and O–H groups in total. The second kappa shape index (κ2) is 35.1. The standard InChI is InChI=1S/C4H9.C3H7.2Li/c1-3-4-2;1-3-2;;/h3H,4H2,1-2H3;3H,1-2H3;;/q2*-1;2*+1. The normalized spacial score (nSPS) is 5.33. The smallest absolute Gasteiger partial charge is 0.335 e. The van der Waals surface area contributed by atoms with Gasteiger partial charge >= 0.3 is 37.7 Å². The van der Waals surface area contributed by atoms with E-state index in [1.807, 2.05) is 20.3 Å². The molecule has 0 atom stereocenters. The van der Waals surface area contributed by atoms with Gasteiger partial charge in [-0.3, -0.25) is 0 Å². The average molecular weight is 114 g/mol. The SMILES string of the molecule is C[CH-]C.C[CH-]CC.[Li+].[Li+]. The minimum absolute atomic E-state index is 0. The van der Waals surface area contributed by atoms with Crippen molar-refractivity contribution in [1.82, 2.24) is 0 Å². The summed E-state index contributed by atoms with van der Waals surface area (Å²) in [6, 6.07) is 0. The summed E-state index contributed by atoms with van der Waals surface area (Å²) in [5.41, 5.74) is 0. The molecule has 0 spiro atoms. The molecule has 0 heterocycles. The summed E-state index contributed by atoms with van der Waals surface area (Å²) in [6.45, 7) is 8.18. The van der Waals surface area contributed by atoms with Crippen LogP contribution in [0.3, 0.4) is 0 Å². The van der Waals surface area contributed by atoms with Crippen molar-refractivity contribution in [3.05, 3.63) is 12.8 Å². The van der Waals surface area contributed by atoms with Crippen molar-refractivity contribution in [3.8, 4) is 0 Å². The number of hydrogen-bond acceptors (Lipinski definition) is 0. The molecule has 0 fully saturated rings. The van der Waals surface area contributed by atoms with Crippen molar-refractivity contribution in [2.24, 2.45) is 0 Å². The van der Waals surface area contributed by atoms with Gasteiger partial charge in [0.2, 0.25) is 0 Å². The van der Waals surface area contributed by atoms with Crippen molar-refractivity contribution < 1.29 is 37.7 Å². The summed E-state index contributed by atoms with van der Waals surface area (Å²) in [5, 5.41) is 0. The molecule has 0 radical (unpaired) electrons. The molecule has 0 aromatic rings. The predicted octanol–water partition coefficient (Wildman–Crippen LogP) is -3.14. The Morgan fingerprint density at radius 3 is 1.11 bits per heavy atom. The average Bonchev–Trinajstić information content (AvgIpc) is 1.69. The van der Waals surface area contributed by atoms with Gasteiger partial charge in [-0.25, -0.2) is 0 Å². The number of unbranched alkanes of at least 4 members (excludes halogenated alkanes) is 1. The monoisotopic (exact) mass is 114 g/mol. The summed E-state index contributed by atoms with van der Waals surface area (Å²) < 4.78 is 0. The molecule has 0 saturated heterocycles. The quantitative estimate of drug-likeness (QED) is 0.249. The third-order valence-corrected chi connectivity index (χ3v) is 0.408. The van der Waals surface area contributed by atoms with Gasteiger partial charge in [0.1, 0.15) is 0 Å². The van der Waals surface area contributed by atoms with Crippen molar-refractivity contribution in [3.63, 3.8) is 0 Å². The molecule has 2 heteroatoms. The first kappa shape index (κ1) is 22.5. The minimum Gasteiger partial charge on any atom is -0.335 e. The van der Waals surface area contributed by atoms with Crippen LogP contribution in [0.15, 0.2) is 0 Å². The van der Waals surface area contributed by atoms with Crippen molar-refractivity contribution >= 4 is 0 Å². The Morgan fingerprint density at radius 1 is 1.00 bits per heavy atom. The maximum absolute atomic E-state index is 2.12. The first-order valence-corrected chi connectivity index (χ1v) is 2.85. The van der Waals surface area contributed by atoms with E-state index in [0.29, 0.717) is 0 Å². The van der Waals surface area contributed by atoms with Crippen molar-refractivity contribution in [2.45, 2.75) is 34.1 Å². The molecule has 0 aromatic carbocycles. The molecule has 0 bridgehead atoms. The molecule has 0 aliphatic rings. The van der Waals surface area contributed by atoms with Crippen LogP contribution in [0, 0.1) is 12.8 Å². The molecule has 9 heavy (non-hydrogen) atoms. The van der Waals surface area contributed by atoms with Crippen LogP contribution in [0.1, 0.15) is 34.1 Å². The first-order valence-electron chi connectivity index (χ1n) is 2.85. The second-order valence-corrected chi connectivity index (χ2v) is 1.39. The Hall–Kier alpha value is 1.19. The van der Waals surface area contributed by atoms with Crippen LogP contribution >= 0.6 is 0 Å². The summed E-state index contributed by atoms with van der Waals surface area (Å²) >= 11 is 0. The summed E-state index contributed by atoms with van der Waals surface area (Å²) in [7, 11) is 0. The van der Waals surface area contributed by atoms with Crippen LogP contribution in [-0.4, -0.2) is 0 Å². The molecule has 0 nitrogen and oxygen atoms in total. The van der Waals surface area contributed by atoms with E-state index < -0.39 is 0 Å². The molecular formula is C7H16Li2. The summed E-state index contributed by atoms with van der Waals surface area (Å²) in [4.78, 5) is 0. The maximum atomic E-state index is 2.12. The van der Waals surface area contributed by atoms with E-state index in [0.717, 1.165) is 0 Å². The number of rotatable bonds is 1. The fourth-order valence-corrected chi connectivity index (χ4v) is 0. The molecule has 0 aliphatic carbocycles. The fraction of sp³-hybridized carbons (Fsp3) is 0.714. The van der Waals surface area contributed by atoms with Crippen LogP contribution in [-0.2, 0) is 0 Å². The zero-order valence-electron chi connectivity index (χ0n) is 7.86. The second-order valence-electron chi connectivity index (χ2n) is 1.39. The molecule has 0 aromatic heterocycles. The van der Waals surface area contributed by atoms with Crippen LogP contribution in [0.25, 0.3) is 0 Å². The molecular weight excluding hydrogens is 98.0 g/mol. The third-order valence-electron chi connectivity index (χ3n) is 0.408. The largest absolute Gasteiger partial charge is 1.00 e. The van der Waals surface area contributed by atoms with E-state index >= 15 is 0 Å². The van der Waals surface area contributed by atoms with E-state index in [2.05, 4.69) is 20.3 Å². The van der Waals surface area contributed by atoms with E-state index in [1.54, 1.807) is 0 Å². The Morgan fingerprint density at radius 2 is 1.11 bits per heavy atom. The van der Waals surface area contributed by atoms with E-state index in [4.69, 9.17) is 0 Å². The molecule has 46 valence electrons. The molecule has 0 saturated carbocycles. The Bertz CT molecular complexity index is 14.4. The van der Waals surface area contributed by atoms with Crippen LogP contribution < -0.4 is 37.7 Å².